The standard InChI is InChI=1S/C30H39FN4O2S/c1-19(2)35-23-7-8-24(35)18-25(17-23)34-13-11-20(12-14-34)22-15-27(31)29-28(16-22)32-30(33(29)3)21-5-9-26(10-6-21)38(4,36)37/h5-6,9-10,15-16,19-20,23-25H,7-8,11-14,17-18H2,1-4H3. The van der Waals surface area contributed by atoms with Gasteiger partial charge in [-0.15, -0.1) is 0 Å². The number of aryl methyl sites for hydroxylation is 1. The Morgan fingerprint density at radius 3 is 2.16 bits per heavy atom. The van der Waals surface area contributed by atoms with E-state index < -0.39 is 9.84 Å². The highest BCUT2D eigenvalue weighted by Gasteiger charge is 2.43. The van der Waals surface area contributed by atoms with E-state index in [1.807, 2.05) is 7.05 Å². The first-order valence-electron chi connectivity index (χ1n) is 14.1. The Balaban J connectivity index is 1.18. The van der Waals surface area contributed by atoms with Crippen molar-refractivity contribution in [1.82, 2.24) is 19.4 Å². The molecule has 38 heavy (non-hydrogen) atoms. The van der Waals surface area contributed by atoms with E-state index in [0.29, 0.717) is 34.9 Å². The summed E-state index contributed by atoms with van der Waals surface area (Å²) in [6.07, 6.45) is 8.59. The third-order valence-corrected chi connectivity index (χ3v) is 10.5. The van der Waals surface area contributed by atoms with E-state index in [9.17, 15) is 8.42 Å². The molecular weight excluding hydrogens is 499 g/mol. The van der Waals surface area contributed by atoms with Crippen LogP contribution in [-0.4, -0.2) is 71.3 Å². The molecule has 0 spiro atoms. The van der Waals surface area contributed by atoms with Crippen LogP contribution in [0.1, 0.15) is 63.9 Å². The lowest BCUT2D eigenvalue weighted by molar-refractivity contribution is 0.0298. The summed E-state index contributed by atoms with van der Waals surface area (Å²) in [5.41, 5.74) is 2.95. The van der Waals surface area contributed by atoms with E-state index >= 15 is 4.39 Å². The quantitative estimate of drug-likeness (QED) is 0.437. The molecule has 3 aliphatic heterocycles. The van der Waals surface area contributed by atoms with Crippen molar-refractivity contribution in [2.75, 3.05) is 19.3 Å². The molecule has 6 rings (SSSR count). The van der Waals surface area contributed by atoms with Crippen molar-refractivity contribution < 1.29 is 12.8 Å². The number of aromatic nitrogens is 2. The van der Waals surface area contributed by atoms with Crippen LogP contribution < -0.4 is 0 Å². The monoisotopic (exact) mass is 538 g/mol. The first-order chi connectivity index (χ1) is 18.1. The third kappa shape index (κ3) is 4.58. The Labute approximate surface area is 225 Å². The Bertz CT molecular complexity index is 1430. The second-order valence-corrected chi connectivity index (χ2v) is 14.0. The minimum atomic E-state index is -3.27. The molecule has 0 saturated carbocycles. The highest BCUT2D eigenvalue weighted by atomic mass is 32.2. The second kappa shape index (κ2) is 9.72. The van der Waals surface area contributed by atoms with Crippen molar-refractivity contribution in [3.63, 3.8) is 0 Å². The Morgan fingerprint density at radius 2 is 1.58 bits per heavy atom. The molecule has 0 amide bonds. The minimum Gasteiger partial charge on any atom is -0.325 e. The van der Waals surface area contributed by atoms with Gasteiger partial charge in [0.1, 0.15) is 17.2 Å². The van der Waals surface area contributed by atoms with Crippen LogP contribution in [0.25, 0.3) is 22.4 Å². The van der Waals surface area contributed by atoms with Crippen LogP contribution >= 0.6 is 0 Å². The maximum absolute atomic E-state index is 15.4. The van der Waals surface area contributed by atoms with Crippen molar-refractivity contribution in [2.24, 2.45) is 7.05 Å². The topological polar surface area (TPSA) is 58.4 Å². The summed E-state index contributed by atoms with van der Waals surface area (Å²) in [6, 6.07) is 13.2. The maximum Gasteiger partial charge on any atom is 0.175 e. The molecule has 0 aliphatic carbocycles. The van der Waals surface area contributed by atoms with Gasteiger partial charge in [0, 0.05) is 43.0 Å². The van der Waals surface area contributed by atoms with Gasteiger partial charge in [-0.3, -0.25) is 4.90 Å². The molecule has 204 valence electrons. The number of piperidine rings is 2. The molecule has 3 aliphatic rings. The Morgan fingerprint density at radius 1 is 0.947 bits per heavy atom. The average molecular weight is 539 g/mol. The number of fused-ring (bicyclic) bond motifs is 3. The number of rotatable bonds is 5. The van der Waals surface area contributed by atoms with Gasteiger partial charge in [-0.1, -0.05) is 0 Å². The fourth-order valence-electron chi connectivity index (χ4n) is 7.59. The summed E-state index contributed by atoms with van der Waals surface area (Å²) in [5, 5.41) is 0. The van der Waals surface area contributed by atoms with Crippen molar-refractivity contribution >= 4 is 20.9 Å². The molecule has 0 radical (unpaired) electrons. The largest absolute Gasteiger partial charge is 0.325 e. The smallest absolute Gasteiger partial charge is 0.175 e. The molecule has 1 aromatic heterocycles. The number of imidazole rings is 1. The number of halogens is 1. The molecule has 3 fully saturated rings. The van der Waals surface area contributed by atoms with Gasteiger partial charge < -0.3 is 9.47 Å². The van der Waals surface area contributed by atoms with E-state index in [2.05, 4.69) is 29.7 Å². The summed E-state index contributed by atoms with van der Waals surface area (Å²) < 4.78 is 40.8. The van der Waals surface area contributed by atoms with E-state index in [0.717, 1.165) is 49.1 Å². The summed E-state index contributed by atoms with van der Waals surface area (Å²) >= 11 is 0. The van der Waals surface area contributed by atoms with Gasteiger partial charge in [0.2, 0.25) is 0 Å². The maximum atomic E-state index is 15.4. The van der Waals surface area contributed by atoms with Crippen LogP contribution in [-0.2, 0) is 16.9 Å². The lowest BCUT2D eigenvalue weighted by Gasteiger charge is -2.46. The van der Waals surface area contributed by atoms with E-state index in [4.69, 9.17) is 4.98 Å². The zero-order chi connectivity index (χ0) is 26.8. The van der Waals surface area contributed by atoms with Crippen LogP contribution in [0.5, 0.6) is 0 Å². The molecule has 3 saturated heterocycles. The number of hydrogen-bond donors (Lipinski definition) is 0. The van der Waals surface area contributed by atoms with Crippen LogP contribution in [0.15, 0.2) is 41.3 Å². The van der Waals surface area contributed by atoms with Gasteiger partial charge in [0.25, 0.3) is 0 Å². The predicted octanol–water partition coefficient (Wildman–Crippen LogP) is 5.37. The summed E-state index contributed by atoms with van der Waals surface area (Å²) in [5.74, 6) is 0.733. The molecule has 2 atom stereocenters. The van der Waals surface area contributed by atoms with Crippen LogP contribution in [0, 0.1) is 5.82 Å². The molecule has 2 bridgehead atoms. The zero-order valence-corrected chi connectivity index (χ0v) is 23.7. The van der Waals surface area contributed by atoms with Crippen LogP contribution in [0.4, 0.5) is 4.39 Å². The van der Waals surface area contributed by atoms with E-state index in [-0.39, 0.29) is 10.7 Å². The third-order valence-electron chi connectivity index (χ3n) is 9.36. The fraction of sp³-hybridized carbons (Fsp3) is 0.567. The highest BCUT2D eigenvalue weighted by Crippen LogP contribution is 2.41. The van der Waals surface area contributed by atoms with Crippen molar-refractivity contribution in [1.29, 1.82) is 0 Å². The lowest BCUT2D eigenvalue weighted by atomic mass is 9.86. The van der Waals surface area contributed by atoms with Gasteiger partial charge in [-0.25, -0.2) is 17.8 Å². The number of sulfone groups is 1. The fourth-order valence-corrected chi connectivity index (χ4v) is 8.22. The second-order valence-electron chi connectivity index (χ2n) is 12.0. The Kier molecular flexibility index (Phi) is 6.64. The van der Waals surface area contributed by atoms with E-state index in [1.54, 1.807) is 34.9 Å². The summed E-state index contributed by atoms with van der Waals surface area (Å²) in [6.45, 7) is 6.84. The number of hydrogen-bond acceptors (Lipinski definition) is 5. The van der Waals surface area contributed by atoms with E-state index in [1.165, 1.54) is 31.9 Å². The number of nitrogens with zero attached hydrogens (tertiary/aromatic N) is 4. The van der Waals surface area contributed by atoms with Crippen LogP contribution in [0.3, 0.4) is 0 Å². The van der Waals surface area contributed by atoms with Crippen molar-refractivity contribution in [2.45, 2.75) is 87.4 Å². The molecule has 4 heterocycles. The molecular formula is C30H39FN4O2S. The SMILES string of the molecule is CC(C)N1C2CCC1CC(N1CCC(c3cc(F)c4c(c3)nc(-c3ccc(S(C)(=O)=O)cc3)n4C)CC1)C2. The van der Waals surface area contributed by atoms with Gasteiger partial charge in [0.15, 0.2) is 9.84 Å². The van der Waals surface area contributed by atoms with Gasteiger partial charge in [0.05, 0.1) is 10.4 Å². The molecule has 3 aromatic rings. The summed E-state index contributed by atoms with van der Waals surface area (Å²) in [7, 11) is -1.46. The molecule has 0 N–H and O–H groups in total. The lowest BCUT2D eigenvalue weighted by Crippen LogP contribution is -2.53. The van der Waals surface area contributed by atoms with Gasteiger partial charge >= 0.3 is 0 Å². The first kappa shape index (κ1) is 26.0. The minimum absolute atomic E-state index is 0.244. The zero-order valence-electron chi connectivity index (χ0n) is 22.9. The molecule has 2 unspecified atom stereocenters. The number of benzene rings is 2. The van der Waals surface area contributed by atoms with Crippen LogP contribution in [0.2, 0.25) is 0 Å². The Hall–Kier alpha value is -2.29. The molecule has 6 nitrogen and oxygen atoms in total. The van der Waals surface area contributed by atoms with Crippen molar-refractivity contribution in [3.05, 3.63) is 47.8 Å². The average Bonchev–Trinajstić information content (AvgIpc) is 3.37. The normalized spacial score (nSPS) is 25.6. The highest BCUT2D eigenvalue weighted by molar-refractivity contribution is 7.90. The van der Waals surface area contributed by atoms with Gasteiger partial charge in [-0.05, 0) is 113 Å². The first-order valence-corrected chi connectivity index (χ1v) is 16.0. The number of likely N-dealkylation sites (tertiary alicyclic amines) is 1. The van der Waals surface area contributed by atoms with Crippen molar-refractivity contribution in [3.8, 4) is 11.4 Å². The predicted molar refractivity (Wildman–Crippen MR) is 150 cm³/mol. The summed E-state index contributed by atoms with van der Waals surface area (Å²) in [4.78, 5) is 10.5. The molecule has 8 heteroatoms. The van der Waals surface area contributed by atoms with Gasteiger partial charge in [-0.2, -0.15) is 0 Å². The molecule has 2 aromatic carbocycles.